The second kappa shape index (κ2) is 13.1. The van der Waals surface area contributed by atoms with Gasteiger partial charge in [-0.2, -0.15) is 5.10 Å². The van der Waals surface area contributed by atoms with Gasteiger partial charge < -0.3 is 20.1 Å². The van der Waals surface area contributed by atoms with Crippen molar-refractivity contribution >= 4 is 58.5 Å². The highest BCUT2D eigenvalue weighted by Crippen LogP contribution is 2.22. The Morgan fingerprint density at radius 2 is 1.67 bits per heavy atom. The van der Waals surface area contributed by atoms with Crippen LogP contribution in [0, 0.1) is 0 Å². The van der Waals surface area contributed by atoms with Gasteiger partial charge in [-0.25, -0.2) is 5.43 Å². The van der Waals surface area contributed by atoms with Crippen LogP contribution in [0.4, 0.5) is 11.4 Å². The van der Waals surface area contributed by atoms with Crippen LogP contribution in [0.25, 0.3) is 0 Å². The molecule has 36 heavy (non-hydrogen) atoms. The fraction of sp³-hybridized carbons (Fsp3) is 0.120. The zero-order chi connectivity index (χ0) is 25.9. The third-order valence-electron chi connectivity index (χ3n) is 4.48. The monoisotopic (exact) mass is 528 g/mol. The molecule has 3 N–H and O–H groups in total. The molecule has 0 fully saturated rings. The Morgan fingerprint density at radius 3 is 2.39 bits per heavy atom. The molecule has 9 nitrogen and oxygen atoms in total. The van der Waals surface area contributed by atoms with Gasteiger partial charge in [0.1, 0.15) is 11.5 Å². The Bertz CT molecular complexity index is 1270. The maximum atomic E-state index is 12.3. The lowest BCUT2D eigenvalue weighted by molar-refractivity contribution is -0.136. The zero-order valence-electron chi connectivity index (χ0n) is 19.1. The van der Waals surface area contributed by atoms with Crippen molar-refractivity contribution < 1.29 is 23.9 Å². The topological polar surface area (TPSA) is 118 Å². The summed E-state index contributed by atoms with van der Waals surface area (Å²) in [6.07, 6.45) is 1.24. The van der Waals surface area contributed by atoms with Crippen LogP contribution in [-0.2, 0) is 14.4 Å². The van der Waals surface area contributed by atoms with Crippen LogP contribution in [0.15, 0.2) is 71.8 Å². The number of halogens is 2. The zero-order valence-corrected chi connectivity index (χ0v) is 20.6. The molecular formula is C25H22Cl2N4O5. The summed E-state index contributed by atoms with van der Waals surface area (Å²) in [5.74, 6) is -1.36. The van der Waals surface area contributed by atoms with Gasteiger partial charge in [-0.1, -0.05) is 35.3 Å². The van der Waals surface area contributed by atoms with Gasteiger partial charge in [0.25, 0.3) is 5.91 Å². The van der Waals surface area contributed by atoms with Gasteiger partial charge in [0.15, 0.2) is 6.61 Å². The quantitative estimate of drug-likeness (QED) is 0.214. The number of hydrogen-bond acceptors (Lipinski definition) is 6. The second-order valence-corrected chi connectivity index (χ2v) is 7.95. The molecule has 3 amide bonds. The first-order valence-electron chi connectivity index (χ1n) is 10.7. The van der Waals surface area contributed by atoms with Gasteiger partial charge in [-0.15, -0.1) is 0 Å². The third kappa shape index (κ3) is 8.00. The maximum Gasteiger partial charge on any atom is 0.329 e. The summed E-state index contributed by atoms with van der Waals surface area (Å²) in [5.41, 5.74) is 3.37. The predicted octanol–water partition coefficient (Wildman–Crippen LogP) is 4.50. The number of nitrogens with zero attached hydrogens (tertiary/aromatic N) is 1. The van der Waals surface area contributed by atoms with Crippen molar-refractivity contribution in [2.75, 3.05) is 23.8 Å². The van der Waals surface area contributed by atoms with Gasteiger partial charge in [0.05, 0.1) is 23.5 Å². The van der Waals surface area contributed by atoms with E-state index in [1.54, 1.807) is 60.7 Å². The molecule has 0 aliphatic heterocycles. The van der Waals surface area contributed by atoms with E-state index in [0.29, 0.717) is 34.4 Å². The van der Waals surface area contributed by atoms with E-state index in [-0.39, 0.29) is 23.2 Å². The SMILES string of the molecule is CCOc1ccc(NC(=O)COc2ccc(Cl)cc2/C=N\NC(=O)C(=O)Nc2ccccc2Cl)cc1. The second-order valence-electron chi connectivity index (χ2n) is 7.11. The summed E-state index contributed by atoms with van der Waals surface area (Å²) in [4.78, 5) is 36.4. The largest absolute Gasteiger partial charge is 0.494 e. The van der Waals surface area contributed by atoms with Crippen LogP contribution in [0.5, 0.6) is 11.5 Å². The molecule has 0 spiro atoms. The Balaban J connectivity index is 1.56. The van der Waals surface area contributed by atoms with E-state index in [1.165, 1.54) is 12.3 Å². The first kappa shape index (κ1) is 26.5. The number of ether oxygens (including phenoxy) is 2. The molecule has 0 saturated carbocycles. The van der Waals surface area contributed by atoms with Crippen molar-refractivity contribution in [3.8, 4) is 11.5 Å². The molecule has 0 unspecified atom stereocenters. The summed E-state index contributed by atoms with van der Waals surface area (Å²) in [5, 5.41) is 9.55. The summed E-state index contributed by atoms with van der Waals surface area (Å²) in [6.45, 7) is 2.14. The third-order valence-corrected chi connectivity index (χ3v) is 5.04. The molecular weight excluding hydrogens is 507 g/mol. The summed E-state index contributed by atoms with van der Waals surface area (Å²) < 4.78 is 11.0. The highest BCUT2D eigenvalue weighted by atomic mass is 35.5. The number of carbonyl (C=O) groups is 3. The average Bonchev–Trinajstić information content (AvgIpc) is 2.86. The Labute approximate surface area is 217 Å². The Kier molecular flexibility index (Phi) is 9.67. The van der Waals surface area contributed by atoms with Gasteiger partial charge in [0, 0.05) is 16.3 Å². The highest BCUT2D eigenvalue weighted by Gasteiger charge is 2.14. The van der Waals surface area contributed by atoms with E-state index < -0.39 is 11.8 Å². The number of carbonyl (C=O) groups excluding carboxylic acids is 3. The fourth-order valence-corrected chi connectivity index (χ4v) is 3.21. The minimum absolute atomic E-state index is 0.287. The lowest BCUT2D eigenvalue weighted by Crippen LogP contribution is -2.32. The van der Waals surface area contributed by atoms with Gasteiger partial charge in [-0.05, 0) is 61.5 Å². The van der Waals surface area contributed by atoms with Crippen molar-refractivity contribution in [3.63, 3.8) is 0 Å². The van der Waals surface area contributed by atoms with Crippen LogP contribution in [-0.4, -0.2) is 37.1 Å². The van der Waals surface area contributed by atoms with Crippen LogP contribution in [0.1, 0.15) is 12.5 Å². The number of rotatable bonds is 9. The summed E-state index contributed by atoms with van der Waals surface area (Å²) in [7, 11) is 0. The van der Waals surface area contributed by atoms with Crippen LogP contribution < -0.4 is 25.5 Å². The molecule has 0 atom stereocenters. The molecule has 3 aromatic carbocycles. The maximum absolute atomic E-state index is 12.3. The molecule has 0 bridgehead atoms. The summed E-state index contributed by atoms with van der Waals surface area (Å²) >= 11 is 12.0. The van der Waals surface area contributed by atoms with Crippen molar-refractivity contribution in [1.29, 1.82) is 0 Å². The minimum atomic E-state index is -1.01. The van der Waals surface area contributed by atoms with Crippen molar-refractivity contribution in [3.05, 3.63) is 82.3 Å². The number of nitrogens with one attached hydrogen (secondary N) is 3. The van der Waals surface area contributed by atoms with Crippen molar-refractivity contribution in [1.82, 2.24) is 5.43 Å². The Hall–Kier alpha value is -4.08. The molecule has 0 aromatic heterocycles. The normalized spacial score (nSPS) is 10.5. The standard InChI is InChI=1S/C25H22Cl2N4O5/c1-2-35-19-10-8-18(9-11-19)29-23(32)15-36-22-12-7-17(26)13-16(22)14-28-31-25(34)24(33)30-21-6-4-3-5-20(21)27/h3-14H,2,15H2,1H3,(H,29,32)(H,30,33)(H,31,34)/b28-14-. The Morgan fingerprint density at radius 1 is 0.917 bits per heavy atom. The van der Waals surface area contributed by atoms with Crippen LogP contribution in [0.2, 0.25) is 10.0 Å². The molecule has 11 heteroatoms. The average molecular weight is 529 g/mol. The van der Waals surface area contributed by atoms with Gasteiger partial charge >= 0.3 is 11.8 Å². The lowest BCUT2D eigenvalue weighted by Gasteiger charge is -2.10. The van der Waals surface area contributed by atoms with Crippen molar-refractivity contribution in [2.45, 2.75) is 6.92 Å². The van der Waals surface area contributed by atoms with Crippen molar-refractivity contribution in [2.24, 2.45) is 5.10 Å². The number of amides is 3. The van der Waals surface area contributed by atoms with E-state index in [0.717, 1.165) is 0 Å². The van der Waals surface area contributed by atoms with E-state index >= 15 is 0 Å². The molecule has 0 heterocycles. The van der Waals surface area contributed by atoms with E-state index in [2.05, 4.69) is 21.2 Å². The molecule has 0 aliphatic rings. The lowest BCUT2D eigenvalue weighted by atomic mass is 10.2. The van der Waals surface area contributed by atoms with E-state index in [4.69, 9.17) is 32.7 Å². The molecule has 0 aliphatic carbocycles. The smallest absolute Gasteiger partial charge is 0.329 e. The number of para-hydroxylation sites is 1. The highest BCUT2D eigenvalue weighted by molar-refractivity contribution is 6.41. The fourth-order valence-electron chi connectivity index (χ4n) is 2.85. The first-order chi connectivity index (χ1) is 17.4. The number of hydrazone groups is 1. The van der Waals surface area contributed by atoms with Gasteiger partial charge in [-0.3, -0.25) is 14.4 Å². The van der Waals surface area contributed by atoms with Gasteiger partial charge in [0.2, 0.25) is 0 Å². The number of hydrogen-bond donors (Lipinski definition) is 3. The predicted molar refractivity (Wildman–Crippen MR) is 139 cm³/mol. The first-order valence-corrected chi connectivity index (χ1v) is 11.4. The number of anilines is 2. The minimum Gasteiger partial charge on any atom is -0.494 e. The number of benzene rings is 3. The van der Waals surface area contributed by atoms with E-state index in [9.17, 15) is 14.4 Å². The molecule has 186 valence electrons. The molecule has 0 radical (unpaired) electrons. The van der Waals surface area contributed by atoms with Crippen LogP contribution in [0.3, 0.4) is 0 Å². The van der Waals surface area contributed by atoms with E-state index in [1.807, 2.05) is 6.92 Å². The molecule has 3 rings (SSSR count). The summed E-state index contributed by atoms with van der Waals surface area (Å²) in [6, 6.07) is 18.1. The molecule has 3 aromatic rings. The molecule has 0 saturated heterocycles. The van der Waals surface area contributed by atoms with Crippen LogP contribution >= 0.6 is 23.2 Å².